The molecule has 0 saturated heterocycles. The third-order valence-corrected chi connectivity index (χ3v) is 0.720. The van der Waals surface area contributed by atoms with Crippen molar-refractivity contribution in [2.24, 2.45) is 0 Å². The van der Waals surface area contributed by atoms with E-state index in [0.29, 0.717) is 0 Å². The minimum Gasteiger partial charge on any atom is -0.296 e. The Labute approximate surface area is 44.7 Å². The van der Waals surface area contributed by atoms with Crippen LogP contribution in [0, 0.1) is 0 Å². The van der Waals surface area contributed by atoms with Crippen molar-refractivity contribution in [3.05, 3.63) is 11.8 Å². The molecule has 0 aliphatic heterocycles. The first-order valence-corrected chi connectivity index (χ1v) is 2.61. The van der Waals surface area contributed by atoms with E-state index in [1.165, 1.54) is 0 Å². The Kier molecular flexibility index (Phi) is 3.48. The highest BCUT2D eigenvalue weighted by atomic mass is 16.3. The molecule has 0 N–H and O–H groups in total. The Balaban J connectivity index is 3.08. The first-order valence-electron chi connectivity index (χ1n) is 2.61. The van der Waals surface area contributed by atoms with Crippen LogP contribution in [0.2, 0.25) is 0 Å². The second-order valence-corrected chi connectivity index (χ2v) is 1.60. The average Bonchev–Trinajstić information content (AvgIpc) is 1.61. The number of rotatable bonds is 2. The van der Waals surface area contributed by atoms with Gasteiger partial charge in [-0.3, -0.25) is 5.11 Å². The predicted octanol–water partition coefficient (Wildman–Crippen LogP) is 2.12. The minimum atomic E-state index is 0.182. The molecule has 0 unspecified atom stereocenters. The lowest BCUT2D eigenvalue weighted by Gasteiger charge is -1.80. The Bertz CT molecular complexity index is 60.6. The molecule has 0 fully saturated rings. The molecule has 0 bridgehead atoms. The summed E-state index contributed by atoms with van der Waals surface area (Å²) in [6.07, 6.45) is 3.70. The van der Waals surface area contributed by atoms with Gasteiger partial charge in [0.1, 0.15) is 5.76 Å². The van der Waals surface area contributed by atoms with Gasteiger partial charge >= 0.3 is 0 Å². The molecule has 0 aliphatic rings. The summed E-state index contributed by atoms with van der Waals surface area (Å²) in [6.45, 7) is 3.63. The SMILES string of the molecule is CCC/C=C(/C)[O]. The van der Waals surface area contributed by atoms with Crippen LogP contribution >= 0.6 is 0 Å². The van der Waals surface area contributed by atoms with E-state index < -0.39 is 0 Å². The van der Waals surface area contributed by atoms with Gasteiger partial charge < -0.3 is 0 Å². The highest BCUT2D eigenvalue weighted by Gasteiger charge is 1.78. The molecule has 0 spiro atoms. The summed E-state index contributed by atoms with van der Waals surface area (Å²) in [5, 5.41) is 10.1. The van der Waals surface area contributed by atoms with Crippen molar-refractivity contribution in [2.45, 2.75) is 26.7 Å². The molecule has 1 radical (unpaired) electrons. The van der Waals surface area contributed by atoms with E-state index in [-0.39, 0.29) is 5.76 Å². The van der Waals surface area contributed by atoms with Gasteiger partial charge in [0.25, 0.3) is 0 Å². The molecule has 0 aromatic heterocycles. The zero-order valence-electron chi connectivity index (χ0n) is 4.90. The normalized spacial score (nSPS) is 12.0. The van der Waals surface area contributed by atoms with Crippen molar-refractivity contribution in [1.82, 2.24) is 0 Å². The van der Waals surface area contributed by atoms with E-state index in [4.69, 9.17) is 0 Å². The van der Waals surface area contributed by atoms with Crippen molar-refractivity contribution in [1.29, 1.82) is 0 Å². The average molecular weight is 99.2 g/mol. The van der Waals surface area contributed by atoms with Gasteiger partial charge in [0.2, 0.25) is 0 Å². The summed E-state index contributed by atoms with van der Waals surface area (Å²) in [6, 6.07) is 0. The van der Waals surface area contributed by atoms with Gasteiger partial charge in [-0.15, -0.1) is 0 Å². The second kappa shape index (κ2) is 3.72. The molecule has 0 rings (SSSR count). The maximum atomic E-state index is 10.1. The van der Waals surface area contributed by atoms with Gasteiger partial charge in [-0.25, -0.2) is 0 Å². The minimum absolute atomic E-state index is 0.182. The lowest BCUT2D eigenvalue weighted by molar-refractivity contribution is 0.298. The number of hydrogen-bond donors (Lipinski definition) is 0. The van der Waals surface area contributed by atoms with Crippen molar-refractivity contribution in [3.8, 4) is 0 Å². The lowest BCUT2D eigenvalue weighted by atomic mass is 10.3. The Morgan fingerprint density at radius 2 is 2.29 bits per heavy atom. The molecule has 1 nitrogen and oxygen atoms in total. The van der Waals surface area contributed by atoms with E-state index in [1.807, 2.05) is 0 Å². The van der Waals surface area contributed by atoms with E-state index in [0.717, 1.165) is 12.8 Å². The van der Waals surface area contributed by atoms with Crippen LogP contribution in [0.25, 0.3) is 0 Å². The third-order valence-electron chi connectivity index (χ3n) is 0.720. The monoisotopic (exact) mass is 99.1 g/mol. The molecular weight excluding hydrogens is 88.1 g/mol. The molecule has 0 atom stereocenters. The van der Waals surface area contributed by atoms with Crippen LogP contribution in [0.1, 0.15) is 26.7 Å². The van der Waals surface area contributed by atoms with Gasteiger partial charge in [0.15, 0.2) is 0 Å². The van der Waals surface area contributed by atoms with Gasteiger partial charge in [0.05, 0.1) is 0 Å². The maximum absolute atomic E-state index is 10.1. The van der Waals surface area contributed by atoms with E-state index >= 15 is 0 Å². The molecule has 0 aliphatic carbocycles. The molecule has 0 aromatic carbocycles. The summed E-state index contributed by atoms with van der Waals surface area (Å²) in [7, 11) is 0. The molecular formula is C6H11O. The number of hydrogen-bond acceptors (Lipinski definition) is 0. The smallest absolute Gasteiger partial charge is 0.148 e. The number of unbranched alkanes of at least 4 members (excludes halogenated alkanes) is 1. The van der Waals surface area contributed by atoms with Gasteiger partial charge in [-0.1, -0.05) is 13.3 Å². The molecule has 1 heteroatoms. The van der Waals surface area contributed by atoms with Crippen LogP contribution in [0.15, 0.2) is 11.8 Å². The highest BCUT2D eigenvalue weighted by molar-refractivity contribution is 4.84. The predicted molar refractivity (Wildman–Crippen MR) is 29.4 cm³/mol. The fourth-order valence-electron chi connectivity index (χ4n) is 0.348. The quantitative estimate of drug-likeness (QED) is 0.472. The molecule has 0 saturated carbocycles. The molecule has 0 heterocycles. The number of allylic oxidation sites excluding steroid dienone is 2. The summed E-state index contributed by atoms with van der Waals surface area (Å²) in [4.78, 5) is 0. The van der Waals surface area contributed by atoms with Gasteiger partial charge in [-0.2, -0.15) is 0 Å². The fraction of sp³-hybridized carbons (Fsp3) is 0.667. The molecule has 7 heavy (non-hydrogen) atoms. The second-order valence-electron chi connectivity index (χ2n) is 1.60. The Hall–Kier alpha value is -0.460. The maximum Gasteiger partial charge on any atom is 0.148 e. The first-order chi connectivity index (χ1) is 3.27. The van der Waals surface area contributed by atoms with Crippen LogP contribution in [0.4, 0.5) is 0 Å². The standard InChI is InChI=1S/C6H11O/c1-3-4-5-6(2)7/h5H,3-4H2,1-2H3/b6-5-. The lowest BCUT2D eigenvalue weighted by Crippen LogP contribution is -1.66. The van der Waals surface area contributed by atoms with Crippen LogP contribution < -0.4 is 0 Å². The van der Waals surface area contributed by atoms with E-state index in [9.17, 15) is 5.11 Å². The zero-order valence-corrected chi connectivity index (χ0v) is 4.90. The van der Waals surface area contributed by atoms with Crippen molar-refractivity contribution >= 4 is 0 Å². The van der Waals surface area contributed by atoms with Gasteiger partial charge in [-0.05, 0) is 19.4 Å². The molecule has 0 amide bonds. The Morgan fingerprint density at radius 3 is 2.43 bits per heavy atom. The van der Waals surface area contributed by atoms with Crippen molar-refractivity contribution in [2.75, 3.05) is 0 Å². The largest absolute Gasteiger partial charge is 0.296 e. The van der Waals surface area contributed by atoms with Gasteiger partial charge in [0, 0.05) is 0 Å². The fourth-order valence-corrected chi connectivity index (χ4v) is 0.348. The van der Waals surface area contributed by atoms with Crippen molar-refractivity contribution in [3.63, 3.8) is 0 Å². The van der Waals surface area contributed by atoms with Crippen molar-refractivity contribution < 1.29 is 5.11 Å². The summed E-state index contributed by atoms with van der Waals surface area (Å²) in [5.41, 5.74) is 0. The zero-order chi connectivity index (χ0) is 5.70. The Morgan fingerprint density at radius 1 is 1.71 bits per heavy atom. The van der Waals surface area contributed by atoms with Crippen LogP contribution in [0.3, 0.4) is 0 Å². The topological polar surface area (TPSA) is 19.9 Å². The van der Waals surface area contributed by atoms with Crippen LogP contribution in [-0.2, 0) is 5.11 Å². The van der Waals surface area contributed by atoms with Crippen LogP contribution in [0.5, 0.6) is 0 Å². The van der Waals surface area contributed by atoms with Crippen LogP contribution in [-0.4, -0.2) is 0 Å². The summed E-state index contributed by atoms with van der Waals surface area (Å²) in [5.74, 6) is 0.182. The third kappa shape index (κ3) is 5.54. The summed E-state index contributed by atoms with van der Waals surface area (Å²) >= 11 is 0. The molecule has 0 aromatic rings. The summed E-state index contributed by atoms with van der Waals surface area (Å²) < 4.78 is 0. The first kappa shape index (κ1) is 6.54. The molecule has 41 valence electrons. The van der Waals surface area contributed by atoms with E-state index in [2.05, 4.69) is 6.92 Å². The highest BCUT2D eigenvalue weighted by Crippen LogP contribution is 1.92. The van der Waals surface area contributed by atoms with E-state index in [1.54, 1.807) is 13.0 Å².